The first-order valence-electron chi connectivity index (χ1n) is 18.0. The monoisotopic (exact) mass is 628 g/mol. The van der Waals surface area contributed by atoms with Gasteiger partial charge >= 0.3 is 0 Å². The summed E-state index contributed by atoms with van der Waals surface area (Å²) in [6.07, 6.45) is 0. The molecule has 0 saturated carbocycles. The van der Waals surface area contributed by atoms with Gasteiger partial charge in [-0.3, -0.25) is 4.57 Å². The van der Waals surface area contributed by atoms with E-state index < -0.39 is 6.85 Å². The topological polar surface area (TPSA) is 57.0 Å². The van der Waals surface area contributed by atoms with Crippen LogP contribution in [-0.2, 0) is 0 Å². The number of aryl methyl sites for hydroxylation is 1. The maximum absolute atomic E-state index is 8.39. The molecular formula is C43H35N3O2. The van der Waals surface area contributed by atoms with Crippen molar-refractivity contribution in [3.63, 3.8) is 0 Å². The van der Waals surface area contributed by atoms with Gasteiger partial charge in [0.25, 0.3) is 0 Å². The summed E-state index contributed by atoms with van der Waals surface area (Å²) < 4.78 is 40.5. The van der Waals surface area contributed by atoms with Crippen LogP contribution in [0.1, 0.15) is 60.5 Å². The molecule has 0 saturated heterocycles. The maximum Gasteiger partial charge on any atom is 0.231 e. The second-order valence-electron chi connectivity index (χ2n) is 13.2. The quantitative estimate of drug-likeness (QED) is 0.190. The third-order valence-electron chi connectivity index (χ3n) is 9.51. The Morgan fingerprint density at radius 2 is 1.35 bits per heavy atom. The van der Waals surface area contributed by atoms with Gasteiger partial charge in [0, 0.05) is 14.9 Å². The van der Waals surface area contributed by atoms with Crippen molar-refractivity contribution in [2.24, 2.45) is 0 Å². The zero-order valence-corrected chi connectivity index (χ0v) is 27.2. The smallest absolute Gasteiger partial charge is 0.231 e. The highest BCUT2D eigenvalue weighted by Gasteiger charge is 2.27. The van der Waals surface area contributed by atoms with Crippen molar-refractivity contribution in [2.75, 3.05) is 0 Å². The molecule has 4 aromatic heterocycles. The Kier molecular flexibility index (Phi) is 5.65. The van der Waals surface area contributed by atoms with E-state index in [-0.39, 0.29) is 23.2 Å². The molecule has 0 aliphatic heterocycles. The van der Waals surface area contributed by atoms with E-state index in [1.807, 2.05) is 66.7 Å². The van der Waals surface area contributed by atoms with E-state index in [0.717, 1.165) is 33.5 Å². The molecule has 0 aliphatic carbocycles. The van der Waals surface area contributed by atoms with Crippen molar-refractivity contribution < 1.29 is 12.9 Å². The van der Waals surface area contributed by atoms with Crippen LogP contribution in [0, 0.1) is 6.85 Å². The normalized spacial score (nSPS) is 13.4. The Morgan fingerprint density at radius 1 is 0.646 bits per heavy atom. The summed E-state index contributed by atoms with van der Waals surface area (Å²) in [4.78, 5) is 9.97. The second-order valence-corrected chi connectivity index (χ2v) is 13.2. The van der Waals surface area contributed by atoms with Gasteiger partial charge in [0.1, 0.15) is 17.0 Å². The summed E-state index contributed by atoms with van der Waals surface area (Å²) in [7, 11) is 0. The molecule has 5 heteroatoms. The van der Waals surface area contributed by atoms with E-state index in [9.17, 15) is 0 Å². The van der Waals surface area contributed by atoms with E-state index in [1.54, 1.807) is 0 Å². The molecule has 0 aliphatic rings. The molecule has 48 heavy (non-hydrogen) atoms. The van der Waals surface area contributed by atoms with Gasteiger partial charge in [0.2, 0.25) is 5.71 Å². The van der Waals surface area contributed by atoms with Crippen LogP contribution in [0.4, 0.5) is 0 Å². The Labute approximate surface area is 282 Å². The summed E-state index contributed by atoms with van der Waals surface area (Å²) >= 11 is 0. The highest BCUT2D eigenvalue weighted by Crippen LogP contribution is 2.44. The molecule has 5 nitrogen and oxygen atoms in total. The molecule has 4 heterocycles. The summed E-state index contributed by atoms with van der Waals surface area (Å²) in [5.74, 6) is 1.15. The molecule has 0 amide bonds. The van der Waals surface area contributed by atoms with Gasteiger partial charge in [-0.15, -0.1) is 0 Å². The third-order valence-corrected chi connectivity index (χ3v) is 9.51. The van der Waals surface area contributed by atoms with Crippen molar-refractivity contribution in [3.05, 3.63) is 126 Å². The third kappa shape index (κ3) is 4.17. The number of para-hydroxylation sites is 4. The Morgan fingerprint density at radius 3 is 2.12 bits per heavy atom. The summed E-state index contributed by atoms with van der Waals surface area (Å²) in [6, 6.07) is 36.9. The fraction of sp³-hybridized carbons (Fsp3) is 0.163. The van der Waals surface area contributed by atoms with Gasteiger partial charge in [0.15, 0.2) is 5.58 Å². The van der Waals surface area contributed by atoms with E-state index in [4.69, 9.17) is 17.9 Å². The minimum atomic E-state index is -2.48. The van der Waals surface area contributed by atoms with Gasteiger partial charge < -0.3 is 8.83 Å². The van der Waals surface area contributed by atoms with Gasteiger partial charge in [-0.25, -0.2) is 9.97 Å². The average molecular weight is 629 g/mol. The molecule has 0 atom stereocenters. The highest BCUT2D eigenvalue weighted by atomic mass is 16.4. The fourth-order valence-corrected chi connectivity index (χ4v) is 7.24. The molecule has 0 unspecified atom stereocenters. The molecule has 0 radical (unpaired) electrons. The summed E-state index contributed by atoms with van der Waals surface area (Å²) in [6.45, 7) is 6.47. The van der Waals surface area contributed by atoms with E-state index in [0.29, 0.717) is 32.9 Å². The summed E-state index contributed by atoms with van der Waals surface area (Å²) in [5.41, 5.74) is 10.3. The van der Waals surface area contributed by atoms with Crippen LogP contribution in [0.3, 0.4) is 0 Å². The van der Waals surface area contributed by atoms with Gasteiger partial charge in [-0.05, 0) is 77.3 Å². The van der Waals surface area contributed by atoms with Crippen LogP contribution in [0.5, 0.6) is 0 Å². The molecule has 0 N–H and O–H groups in total. The number of furan rings is 2. The minimum absolute atomic E-state index is 0.0375. The Balaban J connectivity index is 1.39. The lowest BCUT2D eigenvalue weighted by Crippen LogP contribution is -2.09. The molecule has 0 bridgehead atoms. The minimum Gasteiger partial charge on any atom is -0.455 e. The maximum atomic E-state index is 8.39. The predicted molar refractivity (Wildman–Crippen MR) is 197 cm³/mol. The van der Waals surface area contributed by atoms with Crippen molar-refractivity contribution in [2.45, 2.75) is 46.4 Å². The standard InChI is InChI=1S/C43H35N3O2/c1-24(2)32-22-28(27-14-7-6-8-15-27)23-33(25(3)4)39(32)46-35-20-11-10-19-34(35)45-42(46)31-18-13-17-30-38-41-37(26(5)44-43(38)48-40(30)31)29-16-9-12-21-36(29)47-41/h6-25H,1-5H3/i5D3. The summed E-state index contributed by atoms with van der Waals surface area (Å²) in [5, 5.41) is 2.62. The van der Waals surface area contributed by atoms with E-state index >= 15 is 0 Å². The van der Waals surface area contributed by atoms with Gasteiger partial charge in [0.05, 0.1) is 38.8 Å². The van der Waals surface area contributed by atoms with Crippen molar-refractivity contribution in [1.82, 2.24) is 14.5 Å². The molecule has 0 spiro atoms. The first-order chi connectivity index (χ1) is 24.6. The number of pyridine rings is 1. The number of hydrogen-bond acceptors (Lipinski definition) is 4. The number of fused-ring (bicyclic) bond motifs is 8. The lowest BCUT2D eigenvalue weighted by molar-refractivity contribution is 0.649. The van der Waals surface area contributed by atoms with Crippen LogP contribution in [0.15, 0.2) is 118 Å². The largest absolute Gasteiger partial charge is 0.455 e. The van der Waals surface area contributed by atoms with Crippen LogP contribution >= 0.6 is 0 Å². The zero-order valence-electron chi connectivity index (χ0n) is 30.2. The number of aromatic nitrogens is 3. The van der Waals surface area contributed by atoms with E-state index in [2.05, 4.69) is 79.7 Å². The fourth-order valence-electron chi connectivity index (χ4n) is 7.24. The van der Waals surface area contributed by atoms with Gasteiger partial charge in [-0.1, -0.05) is 100 Å². The van der Waals surface area contributed by atoms with Crippen LogP contribution in [-0.4, -0.2) is 14.5 Å². The molecule has 9 rings (SSSR count). The first-order valence-corrected chi connectivity index (χ1v) is 16.5. The van der Waals surface area contributed by atoms with Crippen LogP contribution in [0.25, 0.3) is 83.2 Å². The van der Waals surface area contributed by atoms with Crippen LogP contribution < -0.4 is 0 Å². The highest BCUT2D eigenvalue weighted by molar-refractivity contribution is 6.22. The number of benzene rings is 5. The molecule has 0 fully saturated rings. The number of imidazole rings is 1. The number of nitrogens with zero attached hydrogens (tertiary/aromatic N) is 3. The number of hydrogen-bond donors (Lipinski definition) is 0. The van der Waals surface area contributed by atoms with Crippen molar-refractivity contribution in [1.29, 1.82) is 0 Å². The zero-order chi connectivity index (χ0) is 35.2. The molecule has 234 valence electrons. The Hall–Kier alpha value is -5.68. The molecule has 5 aromatic carbocycles. The molecular weight excluding hydrogens is 590 g/mol. The lowest BCUT2D eigenvalue weighted by atomic mass is 9.88. The Bertz CT molecular complexity index is 2780. The second kappa shape index (κ2) is 10.7. The van der Waals surface area contributed by atoms with Crippen molar-refractivity contribution in [3.8, 4) is 28.2 Å². The average Bonchev–Trinajstić information content (AvgIpc) is 3.81. The lowest BCUT2D eigenvalue weighted by Gasteiger charge is -2.24. The van der Waals surface area contributed by atoms with Crippen molar-refractivity contribution >= 4 is 55.0 Å². The SMILES string of the molecule is [2H]C([2H])([2H])c1nc2oc3c(-c4nc5ccccc5n4-c4c(C(C)C)cc(-c5ccccc5)cc4C(C)C)cccc3c2c2oc3ccccc3c12. The number of rotatable bonds is 5. The predicted octanol–water partition coefficient (Wildman–Crippen LogP) is 12.1. The van der Waals surface area contributed by atoms with Crippen LogP contribution in [0.2, 0.25) is 0 Å². The first kappa shape index (κ1) is 25.4. The van der Waals surface area contributed by atoms with Gasteiger partial charge in [-0.2, -0.15) is 0 Å². The molecule has 9 aromatic rings. The van der Waals surface area contributed by atoms with E-state index in [1.165, 1.54) is 22.3 Å².